The maximum atomic E-state index is 12.4. The summed E-state index contributed by atoms with van der Waals surface area (Å²) in [6.07, 6.45) is 1.47. The number of benzene rings is 1. The molecule has 1 saturated heterocycles. The molecule has 3 aromatic rings. The summed E-state index contributed by atoms with van der Waals surface area (Å²) >= 11 is 0. The third-order valence-electron chi connectivity index (χ3n) is 4.58. The zero-order valence-electron chi connectivity index (χ0n) is 15.3. The Hall–Kier alpha value is -3.11. The van der Waals surface area contributed by atoms with Gasteiger partial charge in [-0.1, -0.05) is 35.5 Å². The molecule has 0 aliphatic carbocycles. The summed E-state index contributed by atoms with van der Waals surface area (Å²) in [7, 11) is 0. The second kappa shape index (κ2) is 8.72. The number of aromatic nitrogens is 5. The van der Waals surface area contributed by atoms with Crippen molar-refractivity contribution in [3.05, 3.63) is 59.7 Å². The molecule has 1 amide bonds. The highest BCUT2D eigenvalue weighted by molar-refractivity contribution is 5.75. The van der Waals surface area contributed by atoms with Gasteiger partial charge in [0.15, 0.2) is 5.82 Å². The van der Waals surface area contributed by atoms with E-state index in [1.54, 1.807) is 10.7 Å². The van der Waals surface area contributed by atoms with Crippen molar-refractivity contribution in [3.63, 3.8) is 0 Å². The van der Waals surface area contributed by atoms with Crippen molar-refractivity contribution in [1.82, 2.24) is 35.6 Å². The van der Waals surface area contributed by atoms with Crippen LogP contribution in [0.15, 0.2) is 47.2 Å². The van der Waals surface area contributed by atoms with E-state index >= 15 is 0 Å². The van der Waals surface area contributed by atoms with Gasteiger partial charge in [0.2, 0.25) is 5.91 Å². The van der Waals surface area contributed by atoms with E-state index in [0.29, 0.717) is 31.3 Å². The van der Waals surface area contributed by atoms with Gasteiger partial charge in [-0.15, -0.1) is 5.10 Å². The van der Waals surface area contributed by atoms with Crippen molar-refractivity contribution in [3.8, 4) is 0 Å². The molecule has 1 aliphatic rings. The molecule has 0 spiro atoms. The summed E-state index contributed by atoms with van der Waals surface area (Å²) in [6.45, 7) is 3.16. The summed E-state index contributed by atoms with van der Waals surface area (Å²) in [5.74, 6) is 0.426. The third-order valence-corrected chi connectivity index (χ3v) is 4.58. The highest BCUT2D eigenvalue weighted by Crippen LogP contribution is 2.27. The normalized spacial score (nSPS) is 16.0. The number of tetrazole rings is 1. The first-order valence-corrected chi connectivity index (χ1v) is 9.10. The summed E-state index contributed by atoms with van der Waals surface area (Å²) in [4.78, 5) is 14.6. The average molecular weight is 383 g/mol. The number of rotatable bonds is 7. The number of amides is 1. The number of morpholine rings is 1. The van der Waals surface area contributed by atoms with Crippen LogP contribution in [0.5, 0.6) is 0 Å². The van der Waals surface area contributed by atoms with Gasteiger partial charge in [0.1, 0.15) is 18.5 Å². The number of ether oxygens (including phenoxy) is 1. The molecule has 3 heterocycles. The minimum Gasteiger partial charge on any atom is -0.379 e. The van der Waals surface area contributed by atoms with Crippen LogP contribution in [0.2, 0.25) is 0 Å². The summed E-state index contributed by atoms with van der Waals surface area (Å²) in [5.41, 5.74) is 1.73. The fourth-order valence-electron chi connectivity index (χ4n) is 3.22. The van der Waals surface area contributed by atoms with Gasteiger partial charge in [-0.05, 0) is 16.0 Å². The second-order valence-electron chi connectivity index (χ2n) is 6.42. The van der Waals surface area contributed by atoms with Crippen molar-refractivity contribution >= 4 is 5.91 Å². The lowest BCUT2D eigenvalue weighted by Gasteiger charge is -2.33. The van der Waals surface area contributed by atoms with Crippen LogP contribution in [0.4, 0.5) is 0 Å². The van der Waals surface area contributed by atoms with Gasteiger partial charge in [-0.2, -0.15) is 0 Å². The molecule has 1 atom stereocenters. The van der Waals surface area contributed by atoms with Crippen molar-refractivity contribution in [1.29, 1.82) is 0 Å². The van der Waals surface area contributed by atoms with Gasteiger partial charge in [-0.25, -0.2) is 4.68 Å². The third kappa shape index (κ3) is 4.24. The molecule has 2 aromatic heterocycles. The Kier molecular flexibility index (Phi) is 5.69. The number of hydrogen-bond donors (Lipinski definition) is 1. The lowest BCUT2D eigenvalue weighted by Crippen LogP contribution is -2.41. The van der Waals surface area contributed by atoms with Gasteiger partial charge in [0.05, 0.1) is 25.8 Å². The zero-order valence-corrected chi connectivity index (χ0v) is 15.3. The molecule has 0 bridgehead atoms. The van der Waals surface area contributed by atoms with Gasteiger partial charge in [-0.3, -0.25) is 9.69 Å². The lowest BCUT2D eigenvalue weighted by molar-refractivity contribution is -0.122. The summed E-state index contributed by atoms with van der Waals surface area (Å²) < 4.78 is 11.8. The Bertz CT molecular complexity index is 876. The maximum Gasteiger partial charge on any atom is 0.242 e. The molecule has 0 radical (unpaired) electrons. The molecule has 1 fully saturated rings. The molecule has 0 unspecified atom stereocenters. The van der Waals surface area contributed by atoms with Crippen LogP contribution >= 0.6 is 0 Å². The van der Waals surface area contributed by atoms with Crippen LogP contribution in [-0.4, -0.2) is 62.5 Å². The van der Waals surface area contributed by atoms with Gasteiger partial charge >= 0.3 is 0 Å². The fourth-order valence-corrected chi connectivity index (χ4v) is 3.22. The van der Waals surface area contributed by atoms with Crippen LogP contribution in [-0.2, 0) is 22.6 Å². The molecule has 1 N–H and O–H groups in total. The Morgan fingerprint density at radius 1 is 1.18 bits per heavy atom. The molecule has 10 nitrogen and oxygen atoms in total. The van der Waals surface area contributed by atoms with E-state index in [-0.39, 0.29) is 18.5 Å². The molecule has 1 aliphatic heterocycles. The van der Waals surface area contributed by atoms with Crippen molar-refractivity contribution in [2.75, 3.05) is 26.3 Å². The standard InChI is InChI=1S/C18H21N7O3/c26-16(19-12-15-6-9-28-21-15)13-25-18(20-22-23-25)17(14-4-2-1-3-5-14)24-7-10-27-11-8-24/h1-6,9,17H,7-8,10-13H2,(H,19,26)/t17-/m0/s1. The molecule has 4 rings (SSSR count). The van der Waals surface area contributed by atoms with Gasteiger partial charge in [0.25, 0.3) is 0 Å². The number of hydrogen-bond acceptors (Lipinski definition) is 8. The Morgan fingerprint density at radius 3 is 2.75 bits per heavy atom. The fraction of sp³-hybridized carbons (Fsp3) is 0.389. The number of carbonyl (C=O) groups is 1. The molecule has 28 heavy (non-hydrogen) atoms. The van der Waals surface area contributed by atoms with E-state index in [0.717, 1.165) is 18.7 Å². The minimum absolute atomic E-state index is 0.0217. The predicted octanol–water partition coefficient (Wildman–Crippen LogP) is 0.399. The smallest absolute Gasteiger partial charge is 0.242 e. The number of nitrogens with one attached hydrogen (secondary N) is 1. The largest absolute Gasteiger partial charge is 0.379 e. The van der Waals surface area contributed by atoms with Crippen molar-refractivity contribution in [2.45, 2.75) is 19.1 Å². The van der Waals surface area contributed by atoms with Crippen LogP contribution in [0.25, 0.3) is 0 Å². The predicted molar refractivity (Wildman–Crippen MR) is 96.8 cm³/mol. The van der Waals surface area contributed by atoms with E-state index < -0.39 is 0 Å². The molecule has 1 aromatic carbocycles. The Labute approximate surface area is 161 Å². The van der Waals surface area contributed by atoms with Crippen LogP contribution in [0.1, 0.15) is 23.1 Å². The summed E-state index contributed by atoms with van der Waals surface area (Å²) in [6, 6.07) is 11.6. The first-order chi connectivity index (χ1) is 13.8. The van der Waals surface area contributed by atoms with Crippen molar-refractivity contribution in [2.24, 2.45) is 0 Å². The Morgan fingerprint density at radius 2 is 2.00 bits per heavy atom. The monoisotopic (exact) mass is 383 g/mol. The molecule has 146 valence electrons. The first kappa shape index (κ1) is 18.3. The Balaban J connectivity index is 1.52. The molecule has 10 heteroatoms. The molecular formula is C18H21N7O3. The van der Waals surface area contributed by atoms with E-state index in [1.807, 2.05) is 30.3 Å². The maximum absolute atomic E-state index is 12.4. The highest BCUT2D eigenvalue weighted by atomic mass is 16.5. The van der Waals surface area contributed by atoms with E-state index in [1.165, 1.54) is 6.26 Å². The lowest BCUT2D eigenvalue weighted by atomic mass is 10.0. The number of carbonyl (C=O) groups excluding carboxylic acids is 1. The highest BCUT2D eigenvalue weighted by Gasteiger charge is 2.29. The van der Waals surface area contributed by atoms with Gasteiger partial charge in [0, 0.05) is 19.2 Å². The second-order valence-corrected chi connectivity index (χ2v) is 6.42. The van der Waals surface area contributed by atoms with E-state index in [9.17, 15) is 4.79 Å². The average Bonchev–Trinajstić information content (AvgIpc) is 3.41. The topological polar surface area (TPSA) is 111 Å². The SMILES string of the molecule is O=C(Cn1nnnc1[C@H](c1ccccc1)N1CCOCC1)NCc1ccon1. The minimum atomic E-state index is -0.203. The van der Waals surface area contributed by atoms with E-state index in [2.05, 4.69) is 30.9 Å². The van der Waals surface area contributed by atoms with Crippen molar-refractivity contribution < 1.29 is 14.1 Å². The van der Waals surface area contributed by atoms with Crippen LogP contribution in [0, 0.1) is 0 Å². The van der Waals surface area contributed by atoms with E-state index in [4.69, 9.17) is 9.26 Å². The molecular weight excluding hydrogens is 362 g/mol. The van der Waals surface area contributed by atoms with Gasteiger partial charge < -0.3 is 14.6 Å². The number of nitrogens with zero attached hydrogens (tertiary/aromatic N) is 6. The van der Waals surface area contributed by atoms with Crippen LogP contribution < -0.4 is 5.32 Å². The summed E-state index contributed by atoms with van der Waals surface area (Å²) in [5, 5.41) is 18.7. The quantitative estimate of drug-likeness (QED) is 0.624. The van der Waals surface area contributed by atoms with Crippen LogP contribution in [0.3, 0.4) is 0 Å². The molecule has 0 saturated carbocycles. The zero-order chi connectivity index (χ0) is 19.2. The first-order valence-electron chi connectivity index (χ1n) is 9.10.